The maximum Gasteiger partial charge on any atom is 0.254 e. The third kappa shape index (κ3) is 2.62. The molecule has 0 saturated carbocycles. The van der Waals surface area contributed by atoms with E-state index in [1.54, 1.807) is 0 Å². The van der Waals surface area contributed by atoms with E-state index in [1.165, 1.54) is 22.1 Å². The van der Waals surface area contributed by atoms with Crippen molar-refractivity contribution in [1.29, 1.82) is 0 Å². The molecule has 24 heavy (non-hydrogen) atoms. The number of rotatable bonds is 2. The number of benzene rings is 2. The minimum Gasteiger partial charge on any atom is -0.361 e. The van der Waals surface area contributed by atoms with E-state index in [2.05, 4.69) is 35.5 Å². The van der Waals surface area contributed by atoms with Crippen LogP contribution in [0.5, 0.6) is 0 Å². The Bertz CT molecular complexity index is 918. The van der Waals surface area contributed by atoms with Gasteiger partial charge in [-0.25, -0.2) is 0 Å². The Labute approximate surface area is 141 Å². The molecule has 1 amide bonds. The zero-order chi connectivity index (χ0) is 16.5. The molecule has 0 radical (unpaired) electrons. The highest BCUT2D eigenvalue weighted by molar-refractivity contribution is 5.96. The van der Waals surface area contributed by atoms with Gasteiger partial charge >= 0.3 is 0 Å². The Morgan fingerprint density at radius 1 is 1.08 bits per heavy atom. The summed E-state index contributed by atoms with van der Waals surface area (Å²) in [7, 11) is 0. The fourth-order valence-corrected chi connectivity index (χ4v) is 3.31. The van der Waals surface area contributed by atoms with Gasteiger partial charge in [-0.1, -0.05) is 42.0 Å². The zero-order valence-corrected chi connectivity index (χ0v) is 13.8. The monoisotopic (exact) mass is 316 g/mol. The summed E-state index contributed by atoms with van der Waals surface area (Å²) in [6.07, 6.45) is 5.15. The van der Waals surface area contributed by atoms with Crippen LogP contribution in [-0.2, 0) is 0 Å². The largest absolute Gasteiger partial charge is 0.361 e. The van der Waals surface area contributed by atoms with Gasteiger partial charge in [0.1, 0.15) is 0 Å². The number of nitrogens with one attached hydrogen (secondary N) is 1. The number of nitrogens with zero attached hydrogens (tertiary/aromatic N) is 1. The van der Waals surface area contributed by atoms with E-state index in [0.717, 1.165) is 24.0 Å². The Balaban J connectivity index is 1.55. The first-order chi connectivity index (χ1) is 11.7. The van der Waals surface area contributed by atoms with Crippen LogP contribution in [0.2, 0.25) is 0 Å². The average Bonchev–Trinajstić information content (AvgIpc) is 3.06. The smallest absolute Gasteiger partial charge is 0.254 e. The van der Waals surface area contributed by atoms with Crippen LogP contribution in [0.1, 0.15) is 27.9 Å². The predicted molar refractivity (Wildman–Crippen MR) is 98.0 cm³/mol. The summed E-state index contributed by atoms with van der Waals surface area (Å²) >= 11 is 0. The summed E-state index contributed by atoms with van der Waals surface area (Å²) < 4.78 is 0. The summed E-state index contributed by atoms with van der Waals surface area (Å²) in [5, 5.41) is 1.25. The van der Waals surface area contributed by atoms with Crippen LogP contribution in [0.15, 0.2) is 60.8 Å². The lowest BCUT2D eigenvalue weighted by Crippen LogP contribution is -2.34. The minimum atomic E-state index is 0.115. The average molecular weight is 316 g/mol. The normalized spacial score (nSPS) is 14.7. The molecule has 0 saturated heterocycles. The lowest BCUT2D eigenvalue weighted by molar-refractivity contribution is 0.0773. The molecule has 0 atom stereocenters. The molecule has 0 aliphatic carbocycles. The van der Waals surface area contributed by atoms with Crippen molar-refractivity contribution < 1.29 is 4.79 Å². The van der Waals surface area contributed by atoms with Gasteiger partial charge in [-0.05, 0) is 37.1 Å². The molecule has 2 heterocycles. The van der Waals surface area contributed by atoms with Gasteiger partial charge in [0.15, 0.2) is 0 Å². The highest BCUT2D eigenvalue weighted by atomic mass is 16.2. The van der Waals surface area contributed by atoms with Crippen molar-refractivity contribution in [3.8, 4) is 0 Å². The second kappa shape index (κ2) is 6.00. The highest BCUT2D eigenvalue weighted by Crippen LogP contribution is 2.29. The second-order valence-electron chi connectivity index (χ2n) is 6.34. The van der Waals surface area contributed by atoms with E-state index >= 15 is 0 Å². The number of aryl methyl sites for hydroxylation is 1. The maximum absolute atomic E-state index is 12.6. The van der Waals surface area contributed by atoms with E-state index in [-0.39, 0.29) is 5.91 Å². The fraction of sp³-hybridized carbons (Fsp3) is 0.190. The molecular weight excluding hydrogens is 296 g/mol. The van der Waals surface area contributed by atoms with Crippen LogP contribution >= 0.6 is 0 Å². The summed E-state index contributed by atoms with van der Waals surface area (Å²) in [5.41, 5.74) is 5.68. The lowest BCUT2D eigenvalue weighted by Gasteiger charge is -2.26. The van der Waals surface area contributed by atoms with Crippen molar-refractivity contribution in [2.45, 2.75) is 13.3 Å². The van der Waals surface area contributed by atoms with E-state index in [0.29, 0.717) is 6.54 Å². The Hall–Kier alpha value is -2.81. The molecule has 0 spiro atoms. The molecule has 1 aliphatic rings. The van der Waals surface area contributed by atoms with Crippen LogP contribution in [-0.4, -0.2) is 28.9 Å². The summed E-state index contributed by atoms with van der Waals surface area (Å²) in [6, 6.07) is 16.2. The van der Waals surface area contributed by atoms with Gasteiger partial charge in [0.25, 0.3) is 5.91 Å². The summed E-state index contributed by atoms with van der Waals surface area (Å²) in [6.45, 7) is 3.46. The Morgan fingerprint density at radius 2 is 1.88 bits per heavy atom. The molecule has 4 rings (SSSR count). The topological polar surface area (TPSA) is 36.1 Å². The number of H-pyrrole nitrogens is 1. The van der Waals surface area contributed by atoms with Gasteiger partial charge in [0, 0.05) is 41.3 Å². The molecule has 0 unspecified atom stereocenters. The van der Waals surface area contributed by atoms with Gasteiger partial charge in [0.05, 0.1) is 0 Å². The molecule has 3 heteroatoms. The number of aromatic nitrogens is 1. The van der Waals surface area contributed by atoms with Gasteiger partial charge in [-0.2, -0.15) is 0 Å². The number of fused-ring (bicyclic) bond motifs is 1. The van der Waals surface area contributed by atoms with Gasteiger partial charge in [-0.15, -0.1) is 0 Å². The highest BCUT2D eigenvalue weighted by Gasteiger charge is 2.20. The molecule has 1 aromatic heterocycles. The predicted octanol–water partition coefficient (Wildman–Crippen LogP) is 4.41. The van der Waals surface area contributed by atoms with Gasteiger partial charge in [0.2, 0.25) is 0 Å². The quantitative estimate of drug-likeness (QED) is 0.747. The van der Waals surface area contributed by atoms with Crippen molar-refractivity contribution in [2.75, 3.05) is 13.1 Å². The molecule has 1 aliphatic heterocycles. The van der Waals surface area contributed by atoms with Gasteiger partial charge < -0.3 is 9.88 Å². The van der Waals surface area contributed by atoms with Crippen LogP contribution in [0.3, 0.4) is 0 Å². The molecule has 120 valence electrons. The van der Waals surface area contributed by atoms with Crippen LogP contribution in [0, 0.1) is 6.92 Å². The Morgan fingerprint density at radius 3 is 2.62 bits per heavy atom. The van der Waals surface area contributed by atoms with Crippen LogP contribution in [0.4, 0.5) is 0 Å². The first kappa shape index (κ1) is 14.8. The van der Waals surface area contributed by atoms with Gasteiger partial charge in [-0.3, -0.25) is 4.79 Å². The maximum atomic E-state index is 12.6. The number of aromatic amines is 1. The molecule has 0 bridgehead atoms. The number of hydrogen-bond acceptors (Lipinski definition) is 1. The summed E-state index contributed by atoms with van der Waals surface area (Å²) in [4.78, 5) is 17.9. The molecule has 2 aromatic carbocycles. The minimum absolute atomic E-state index is 0.115. The third-order valence-electron chi connectivity index (χ3n) is 4.73. The van der Waals surface area contributed by atoms with Crippen LogP contribution < -0.4 is 0 Å². The first-order valence-electron chi connectivity index (χ1n) is 8.34. The van der Waals surface area contributed by atoms with Crippen molar-refractivity contribution >= 4 is 22.4 Å². The van der Waals surface area contributed by atoms with Crippen molar-refractivity contribution in [3.63, 3.8) is 0 Å². The van der Waals surface area contributed by atoms with Crippen molar-refractivity contribution in [1.82, 2.24) is 9.88 Å². The molecule has 1 N–H and O–H groups in total. The van der Waals surface area contributed by atoms with E-state index in [4.69, 9.17) is 0 Å². The number of carbonyl (C=O) groups excluding carboxylic acids is 1. The van der Waals surface area contributed by atoms with Crippen molar-refractivity contribution in [2.24, 2.45) is 0 Å². The zero-order valence-electron chi connectivity index (χ0n) is 13.8. The molecular formula is C21H20N2O. The van der Waals surface area contributed by atoms with Crippen molar-refractivity contribution in [3.05, 3.63) is 77.5 Å². The lowest BCUT2D eigenvalue weighted by atomic mass is 9.98. The SMILES string of the molecule is Cc1ccc(C(=O)N2CC=C(c3c[nH]c4ccccc34)CC2)cc1. The van der Waals surface area contributed by atoms with E-state index in [9.17, 15) is 4.79 Å². The number of amides is 1. The number of para-hydroxylation sites is 1. The summed E-state index contributed by atoms with van der Waals surface area (Å²) in [5.74, 6) is 0.115. The third-order valence-corrected chi connectivity index (χ3v) is 4.73. The molecule has 0 fully saturated rings. The molecule has 3 nitrogen and oxygen atoms in total. The van der Waals surface area contributed by atoms with E-state index in [1.807, 2.05) is 42.2 Å². The first-order valence-corrected chi connectivity index (χ1v) is 8.34. The number of carbonyl (C=O) groups is 1. The standard InChI is InChI=1S/C21H20N2O/c1-15-6-8-17(9-7-15)21(24)23-12-10-16(11-13-23)19-14-22-20-5-3-2-4-18(19)20/h2-10,14,22H,11-13H2,1H3. The fourth-order valence-electron chi connectivity index (χ4n) is 3.31. The van der Waals surface area contributed by atoms with Crippen LogP contribution in [0.25, 0.3) is 16.5 Å². The molecule has 3 aromatic rings. The number of hydrogen-bond donors (Lipinski definition) is 1. The van der Waals surface area contributed by atoms with E-state index < -0.39 is 0 Å². The second-order valence-corrected chi connectivity index (χ2v) is 6.34. The Kier molecular flexibility index (Phi) is 3.69.